The largest absolute Gasteiger partial charge is 0.462 e. The molecule has 0 radical (unpaired) electrons. The summed E-state index contributed by atoms with van der Waals surface area (Å²) in [5, 5.41) is 29.6. The highest BCUT2D eigenvalue weighted by molar-refractivity contribution is 5.75. The van der Waals surface area contributed by atoms with E-state index in [2.05, 4.69) is 0 Å². The van der Waals surface area contributed by atoms with E-state index in [4.69, 9.17) is 25.7 Å². The summed E-state index contributed by atoms with van der Waals surface area (Å²) in [6.07, 6.45) is -6.20. The summed E-state index contributed by atoms with van der Waals surface area (Å²) in [5.74, 6) is -0.391. The number of carbonyl (C=O) groups excluding carboxylic acids is 1. The lowest BCUT2D eigenvalue weighted by Gasteiger charge is -2.41. The molecule has 0 aliphatic carbocycles. The first-order chi connectivity index (χ1) is 10.9. The third-order valence-corrected chi connectivity index (χ3v) is 3.37. The Labute approximate surface area is 132 Å². The Balaban J connectivity index is 2.11. The van der Waals surface area contributed by atoms with Gasteiger partial charge in [-0.3, -0.25) is 4.79 Å². The van der Waals surface area contributed by atoms with Crippen LogP contribution in [0.15, 0.2) is 24.3 Å². The number of amides is 1. The quantitative estimate of drug-likeness (QED) is 0.374. The summed E-state index contributed by atoms with van der Waals surface area (Å²) < 4.78 is 15.9. The van der Waals surface area contributed by atoms with Gasteiger partial charge in [0.15, 0.2) is 0 Å². The molecule has 0 spiro atoms. The van der Waals surface area contributed by atoms with Gasteiger partial charge in [0.05, 0.1) is 6.61 Å². The Bertz CT molecular complexity index is 524. The van der Waals surface area contributed by atoms with E-state index in [0.29, 0.717) is 11.4 Å². The smallest absolute Gasteiger partial charge is 0.243 e. The number of carbonyl (C=O) groups is 1. The Morgan fingerprint density at radius 3 is 2.43 bits per heavy atom. The SMILES string of the molecule is NC(=O)CO[C@H]1[C@@H](O)[C@@H](CO)O[C@H](Oc2ccc(N)cc2)[C@@H]1O. The maximum absolute atomic E-state index is 10.8. The fourth-order valence-electron chi connectivity index (χ4n) is 2.21. The van der Waals surface area contributed by atoms with E-state index in [9.17, 15) is 20.1 Å². The van der Waals surface area contributed by atoms with Crippen LogP contribution in [0.5, 0.6) is 5.75 Å². The Morgan fingerprint density at radius 1 is 1.22 bits per heavy atom. The van der Waals surface area contributed by atoms with E-state index in [1.54, 1.807) is 24.3 Å². The zero-order chi connectivity index (χ0) is 17.0. The minimum atomic E-state index is -1.40. The Morgan fingerprint density at radius 2 is 1.87 bits per heavy atom. The molecule has 0 bridgehead atoms. The lowest BCUT2D eigenvalue weighted by Crippen LogP contribution is -2.61. The first-order valence-corrected chi connectivity index (χ1v) is 6.97. The second-order valence-electron chi connectivity index (χ2n) is 5.14. The van der Waals surface area contributed by atoms with Gasteiger partial charge in [-0.1, -0.05) is 0 Å². The molecule has 128 valence electrons. The molecule has 0 unspecified atom stereocenters. The maximum Gasteiger partial charge on any atom is 0.243 e. The van der Waals surface area contributed by atoms with Crippen molar-refractivity contribution in [2.24, 2.45) is 5.73 Å². The number of primary amides is 1. The topological polar surface area (TPSA) is 157 Å². The molecule has 9 heteroatoms. The highest BCUT2D eigenvalue weighted by Gasteiger charge is 2.46. The van der Waals surface area contributed by atoms with Crippen molar-refractivity contribution in [3.63, 3.8) is 0 Å². The minimum Gasteiger partial charge on any atom is -0.462 e. The first kappa shape index (κ1) is 17.4. The molecule has 7 N–H and O–H groups in total. The van der Waals surface area contributed by atoms with Crippen LogP contribution >= 0.6 is 0 Å². The van der Waals surface area contributed by atoms with Crippen LogP contribution in [0.3, 0.4) is 0 Å². The van der Waals surface area contributed by atoms with E-state index in [1.165, 1.54) is 0 Å². The number of hydrogen-bond acceptors (Lipinski definition) is 8. The zero-order valence-corrected chi connectivity index (χ0v) is 12.2. The van der Waals surface area contributed by atoms with Crippen molar-refractivity contribution in [2.45, 2.75) is 30.7 Å². The van der Waals surface area contributed by atoms with Crippen molar-refractivity contribution in [1.82, 2.24) is 0 Å². The van der Waals surface area contributed by atoms with Gasteiger partial charge < -0.3 is 41.0 Å². The van der Waals surface area contributed by atoms with E-state index in [0.717, 1.165) is 0 Å². The first-order valence-electron chi connectivity index (χ1n) is 6.97. The van der Waals surface area contributed by atoms with E-state index >= 15 is 0 Å². The van der Waals surface area contributed by atoms with Crippen LogP contribution in [-0.4, -0.2) is 65.1 Å². The molecule has 1 aromatic carbocycles. The highest BCUT2D eigenvalue weighted by Crippen LogP contribution is 2.26. The van der Waals surface area contributed by atoms with Crippen LogP contribution in [0.25, 0.3) is 0 Å². The van der Waals surface area contributed by atoms with Crippen LogP contribution in [0.4, 0.5) is 5.69 Å². The summed E-state index contributed by atoms with van der Waals surface area (Å²) in [6.45, 7) is -1.02. The Hall–Kier alpha value is -1.91. The van der Waals surface area contributed by atoms with Crippen LogP contribution in [-0.2, 0) is 14.3 Å². The highest BCUT2D eigenvalue weighted by atomic mass is 16.7. The molecule has 1 aliphatic rings. The molecule has 23 heavy (non-hydrogen) atoms. The van der Waals surface area contributed by atoms with Gasteiger partial charge in [0, 0.05) is 5.69 Å². The molecule has 1 heterocycles. The van der Waals surface area contributed by atoms with Crippen LogP contribution in [0.1, 0.15) is 0 Å². The van der Waals surface area contributed by atoms with Crippen molar-refractivity contribution in [3.8, 4) is 5.75 Å². The molecule has 9 nitrogen and oxygen atoms in total. The number of aliphatic hydroxyl groups excluding tert-OH is 3. The number of nitrogens with two attached hydrogens (primary N) is 2. The number of aliphatic hydroxyl groups is 3. The van der Waals surface area contributed by atoms with E-state index in [1.807, 2.05) is 0 Å². The van der Waals surface area contributed by atoms with Gasteiger partial charge in [-0.05, 0) is 24.3 Å². The second kappa shape index (κ2) is 7.57. The second-order valence-corrected chi connectivity index (χ2v) is 5.14. The van der Waals surface area contributed by atoms with Crippen molar-refractivity contribution in [3.05, 3.63) is 24.3 Å². The molecule has 2 rings (SSSR count). The lowest BCUT2D eigenvalue weighted by molar-refractivity contribution is -0.284. The average molecular weight is 328 g/mol. The number of ether oxygens (including phenoxy) is 3. The van der Waals surface area contributed by atoms with Gasteiger partial charge in [0.2, 0.25) is 12.2 Å². The molecule has 1 amide bonds. The summed E-state index contributed by atoms with van der Waals surface area (Å²) in [4.78, 5) is 10.8. The van der Waals surface area contributed by atoms with Crippen LogP contribution in [0.2, 0.25) is 0 Å². The molecule has 1 saturated heterocycles. The molecule has 1 fully saturated rings. The maximum atomic E-state index is 10.8. The van der Waals surface area contributed by atoms with Crippen molar-refractivity contribution < 1.29 is 34.3 Å². The average Bonchev–Trinajstić information content (AvgIpc) is 2.51. The van der Waals surface area contributed by atoms with Gasteiger partial charge in [-0.25, -0.2) is 0 Å². The summed E-state index contributed by atoms with van der Waals surface area (Å²) in [5.41, 5.74) is 11.1. The number of hydrogen-bond donors (Lipinski definition) is 5. The van der Waals surface area contributed by atoms with E-state index < -0.39 is 49.8 Å². The standard InChI is InChI=1S/C14H20N2O7/c15-7-1-3-8(4-2-7)22-14-12(20)13(21-6-10(16)18)11(19)9(5-17)23-14/h1-4,9,11-14,17,19-20H,5-6,15H2,(H2,16,18)/t9-,11+,12-,13+,14+/m1/s1. The zero-order valence-electron chi connectivity index (χ0n) is 12.2. The van der Waals surface area contributed by atoms with Crippen molar-refractivity contribution in [2.75, 3.05) is 18.9 Å². The predicted molar refractivity (Wildman–Crippen MR) is 78.2 cm³/mol. The monoisotopic (exact) mass is 328 g/mol. The fourth-order valence-corrected chi connectivity index (χ4v) is 2.21. The van der Waals surface area contributed by atoms with Gasteiger partial charge in [0.25, 0.3) is 0 Å². The third-order valence-electron chi connectivity index (χ3n) is 3.37. The molecule has 0 saturated carbocycles. The summed E-state index contributed by atoms with van der Waals surface area (Å²) in [7, 11) is 0. The van der Waals surface area contributed by atoms with E-state index in [-0.39, 0.29) is 0 Å². The fraction of sp³-hybridized carbons (Fsp3) is 0.500. The molecule has 5 atom stereocenters. The summed E-state index contributed by atoms with van der Waals surface area (Å²) >= 11 is 0. The number of anilines is 1. The van der Waals surface area contributed by atoms with Crippen molar-refractivity contribution in [1.29, 1.82) is 0 Å². The summed E-state index contributed by atoms with van der Waals surface area (Å²) in [6, 6.07) is 6.35. The Kier molecular flexibility index (Phi) is 5.74. The number of nitrogen functional groups attached to an aromatic ring is 1. The number of benzene rings is 1. The molecule has 1 aliphatic heterocycles. The van der Waals surface area contributed by atoms with Crippen LogP contribution in [0, 0.1) is 0 Å². The molecule has 0 aromatic heterocycles. The van der Waals surface area contributed by atoms with Gasteiger partial charge in [-0.15, -0.1) is 0 Å². The van der Waals surface area contributed by atoms with Gasteiger partial charge >= 0.3 is 0 Å². The van der Waals surface area contributed by atoms with Gasteiger partial charge in [-0.2, -0.15) is 0 Å². The van der Waals surface area contributed by atoms with Crippen LogP contribution < -0.4 is 16.2 Å². The normalized spacial score (nSPS) is 30.8. The molecule has 1 aromatic rings. The molecular weight excluding hydrogens is 308 g/mol. The van der Waals surface area contributed by atoms with Crippen molar-refractivity contribution >= 4 is 11.6 Å². The lowest BCUT2D eigenvalue weighted by atomic mass is 9.99. The van der Waals surface area contributed by atoms with Gasteiger partial charge in [0.1, 0.15) is 36.8 Å². The predicted octanol–water partition coefficient (Wildman–Crippen LogP) is -2.04. The third kappa shape index (κ3) is 4.30. The number of rotatable bonds is 6. The molecular formula is C14H20N2O7. The minimum absolute atomic E-state index is 0.366.